The summed E-state index contributed by atoms with van der Waals surface area (Å²) < 4.78 is 44.7. The predicted octanol–water partition coefficient (Wildman–Crippen LogP) is 2.57. The van der Waals surface area contributed by atoms with Crippen molar-refractivity contribution in [3.8, 4) is 0 Å². The molecule has 3 aromatic rings. The van der Waals surface area contributed by atoms with Crippen LogP contribution < -0.4 is 5.32 Å². The summed E-state index contributed by atoms with van der Waals surface area (Å²) in [6, 6.07) is 5.59. The van der Waals surface area contributed by atoms with Crippen molar-refractivity contribution in [1.82, 2.24) is 14.3 Å². The Bertz CT molecular complexity index is 1200. The van der Waals surface area contributed by atoms with Gasteiger partial charge in [-0.3, -0.25) is 10.1 Å². The van der Waals surface area contributed by atoms with Crippen LogP contribution in [0.5, 0.6) is 0 Å². The van der Waals surface area contributed by atoms with Crippen molar-refractivity contribution in [1.29, 1.82) is 0 Å². The molecule has 2 heterocycles. The summed E-state index contributed by atoms with van der Waals surface area (Å²) in [7, 11) is -0.811. The average molecular weight is 514 g/mol. The van der Waals surface area contributed by atoms with E-state index in [0.717, 1.165) is 6.20 Å². The molecular formula is C19H20FN5O5S3. The number of likely N-dealkylation sites (N-methyl/N-ethyl adjacent to an activating group) is 1. The molecule has 0 unspecified atom stereocenters. The largest absolute Gasteiger partial charge is 0.388 e. The summed E-state index contributed by atoms with van der Waals surface area (Å²) in [5.74, 6) is -0.698. The summed E-state index contributed by atoms with van der Waals surface area (Å²) in [6.07, 6.45) is 2.59. The molecule has 176 valence electrons. The number of carbonyl (C=O) groups excluding carboxylic acids is 1. The Balaban J connectivity index is 1.83. The fourth-order valence-electron chi connectivity index (χ4n) is 2.47. The molecule has 0 aliphatic heterocycles. The van der Waals surface area contributed by atoms with Crippen LogP contribution in [0.3, 0.4) is 0 Å². The van der Waals surface area contributed by atoms with E-state index in [1.165, 1.54) is 54.1 Å². The van der Waals surface area contributed by atoms with E-state index < -0.39 is 21.1 Å². The van der Waals surface area contributed by atoms with Gasteiger partial charge in [0.25, 0.3) is 5.91 Å². The first-order valence-corrected chi connectivity index (χ1v) is 12.5. The molecule has 33 heavy (non-hydrogen) atoms. The SMILES string of the molecule is COCCN(C)S(=O)(=O)c1ccc(C(=NOCc2nccs2)C(=O)Nc2ncc(F)s2)cc1. The van der Waals surface area contributed by atoms with Crippen molar-refractivity contribution >= 4 is 49.4 Å². The number of hydrogen-bond donors (Lipinski definition) is 1. The van der Waals surface area contributed by atoms with Crippen LogP contribution in [0, 0.1) is 5.13 Å². The molecular weight excluding hydrogens is 493 g/mol. The first-order chi connectivity index (χ1) is 15.8. The van der Waals surface area contributed by atoms with Gasteiger partial charge in [0.2, 0.25) is 10.0 Å². The topological polar surface area (TPSA) is 123 Å². The number of thiazole rings is 2. The first-order valence-electron chi connectivity index (χ1n) is 9.38. The van der Waals surface area contributed by atoms with Gasteiger partial charge < -0.3 is 9.57 Å². The highest BCUT2D eigenvalue weighted by molar-refractivity contribution is 7.89. The second kappa shape index (κ2) is 11.4. The molecule has 3 rings (SSSR count). The molecule has 0 radical (unpaired) electrons. The number of nitrogens with zero attached hydrogens (tertiary/aromatic N) is 4. The molecule has 0 saturated carbocycles. The number of ether oxygens (including phenoxy) is 1. The number of halogens is 1. The molecule has 0 spiro atoms. The molecule has 0 bridgehead atoms. The van der Waals surface area contributed by atoms with E-state index >= 15 is 0 Å². The van der Waals surface area contributed by atoms with Gasteiger partial charge in [0.15, 0.2) is 22.6 Å². The van der Waals surface area contributed by atoms with Crippen molar-refractivity contribution in [3.63, 3.8) is 0 Å². The third-order valence-electron chi connectivity index (χ3n) is 4.19. The maximum absolute atomic E-state index is 13.2. The lowest BCUT2D eigenvalue weighted by atomic mass is 10.1. The highest BCUT2D eigenvalue weighted by Crippen LogP contribution is 2.19. The van der Waals surface area contributed by atoms with Crippen LogP contribution in [-0.2, 0) is 31.0 Å². The third-order valence-corrected chi connectivity index (χ3v) is 7.51. The highest BCUT2D eigenvalue weighted by atomic mass is 32.2. The monoisotopic (exact) mass is 513 g/mol. The van der Waals surface area contributed by atoms with Crippen LogP contribution in [0.4, 0.5) is 9.52 Å². The Hall–Kier alpha value is -2.78. The Morgan fingerprint density at radius 1 is 1.27 bits per heavy atom. The summed E-state index contributed by atoms with van der Waals surface area (Å²) in [5.41, 5.74) is 0.154. The van der Waals surface area contributed by atoms with Crippen LogP contribution in [0.1, 0.15) is 10.6 Å². The van der Waals surface area contributed by atoms with Crippen LogP contribution in [-0.4, -0.2) is 61.6 Å². The van der Waals surface area contributed by atoms with Gasteiger partial charge in [-0.2, -0.15) is 8.70 Å². The molecule has 0 aliphatic rings. The van der Waals surface area contributed by atoms with E-state index in [4.69, 9.17) is 9.57 Å². The number of anilines is 1. The van der Waals surface area contributed by atoms with E-state index in [0.29, 0.717) is 21.9 Å². The van der Waals surface area contributed by atoms with Crippen LogP contribution in [0.25, 0.3) is 0 Å². The maximum Gasteiger partial charge on any atom is 0.280 e. The summed E-state index contributed by atoms with van der Waals surface area (Å²) in [6.45, 7) is 0.473. The second-order valence-corrected chi connectivity index (χ2v) is 10.4. The molecule has 0 saturated heterocycles. The Morgan fingerprint density at radius 3 is 2.64 bits per heavy atom. The fraction of sp³-hybridized carbons (Fsp3) is 0.263. The van der Waals surface area contributed by atoms with Gasteiger partial charge in [0.1, 0.15) is 5.01 Å². The van der Waals surface area contributed by atoms with Crippen molar-refractivity contribution in [3.05, 3.63) is 57.7 Å². The van der Waals surface area contributed by atoms with Gasteiger partial charge in [-0.25, -0.2) is 18.4 Å². The first kappa shape index (κ1) is 24.9. The number of amides is 1. The van der Waals surface area contributed by atoms with E-state index in [1.54, 1.807) is 11.6 Å². The number of hydrogen-bond acceptors (Lipinski definition) is 10. The van der Waals surface area contributed by atoms with Gasteiger partial charge in [0, 0.05) is 37.8 Å². The van der Waals surface area contributed by atoms with E-state index in [1.807, 2.05) is 0 Å². The minimum Gasteiger partial charge on any atom is -0.388 e. The van der Waals surface area contributed by atoms with E-state index in [-0.39, 0.29) is 35.5 Å². The average Bonchev–Trinajstić information content (AvgIpc) is 3.46. The quantitative estimate of drug-likeness (QED) is 0.309. The lowest BCUT2D eigenvalue weighted by Crippen LogP contribution is -2.30. The standard InChI is InChI=1S/C19H20FN5O5S3/c1-25(8-9-29-2)33(27,28)14-5-3-13(4-6-14)17(24-30-12-16-21-7-10-31-16)18(26)23-19-22-11-15(20)32-19/h3-7,10-11H,8-9,12H2,1-2H3,(H,22,23,26). The van der Waals surface area contributed by atoms with E-state index in [2.05, 4.69) is 20.4 Å². The molecule has 0 atom stereocenters. The minimum absolute atomic E-state index is 0.0373. The number of aromatic nitrogens is 2. The zero-order valence-corrected chi connectivity index (χ0v) is 20.0. The number of oxime groups is 1. The van der Waals surface area contributed by atoms with Crippen molar-refractivity contribution in [2.75, 3.05) is 32.6 Å². The van der Waals surface area contributed by atoms with Crippen molar-refractivity contribution < 1.29 is 27.2 Å². The molecule has 10 nitrogen and oxygen atoms in total. The van der Waals surface area contributed by atoms with Gasteiger partial charge in [-0.1, -0.05) is 28.6 Å². The highest BCUT2D eigenvalue weighted by Gasteiger charge is 2.22. The minimum atomic E-state index is -3.74. The molecule has 2 aromatic heterocycles. The van der Waals surface area contributed by atoms with Crippen molar-refractivity contribution in [2.45, 2.75) is 11.5 Å². The number of benzene rings is 1. The van der Waals surface area contributed by atoms with Gasteiger partial charge in [-0.15, -0.1) is 11.3 Å². The number of rotatable bonds is 11. The molecule has 1 aromatic carbocycles. The van der Waals surface area contributed by atoms with E-state index in [9.17, 15) is 17.6 Å². The Labute approximate surface area is 197 Å². The second-order valence-electron chi connectivity index (χ2n) is 6.41. The lowest BCUT2D eigenvalue weighted by Gasteiger charge is -2.17. The molecule has 14 heteroatoms. The summed E-state index contributed by atoms with van der Waals surface area (Å²) in [4.78, 5) is 25.9. The smallest absolute Gasteiger partial charge is 0.280 e. The van der Waals surface area contributed by atoms with Gasteiger partial charge in [0.05, 0.1) is 17.7 Å². The molecule has 1 N–H and O–H groups in total. The Kier molecular flexibility index (Phi) is 8.57. The molecule has 0 fully saturated rings. The van der Waals surface area contributed by atoms with Crippen LogP contribution in [0.2, 0.25) is 0 Å². The predicted molar refractivity (Wildman–Crippen MR) is 122 cm³/mol. The number of sulfonamides is 1. The van der Waals surface area contributed by atoms with Gasteiger partial charge in [-0.05, 0) is 12.1 Å². The van der Waals surface area contributed by atoms with Crippen LogP contribution >= 0.6 is 22.7 Å². The number of carbonyl (C=O) groups is 1. The Morgan fingerprint density at radius 2 is 2.03 bits per heavy atom. The zero-order valence-electron chi connectivity index (χ0n) is 17.6. The number of methoxy groups -OCH3 is 1. The van der Waals surface area contributed by atoms with Gasteiger partial charge >= 0.3 is 0 Å². The maximum atomic E-state index is 13.2. The molecule has 1 amide bonds. The summed E-state index contributed by atoms with van der Waals surface area (Å²) in [5, 5.41) is 8.29. The zero-order chi connectivity index (χ0) is 23.8. The summed E-state index contributed by atoms with van der Waals surface area (Å²) >= 11 is 2.02. The lowest BCUT2D eigenvalue weighted by molar-refractivity contribution is -0.110. The number of nitrogens with one attached hydrogen (secondary N) is 1. The van der Waals surface area contributed by atoms with Crippen LogP contribution in [0.15, 0.2) is 52.1 Å². The normalized spacial score (nSPS) is 12.2. The van der Waals surface area contributed by atoms with Crippen molar-refractivity contribution in [2.24, 2.45) is 5.16 Å². The molecule has 0 aliphatic carbocycles. The third kappa shape index (κ3) is 6.61. The fourth-order valence-corrected chi connectivity index (χ4v) is 4.69.